The van der Waals surface area contributed by atoms with Gasteiger partial charge in [0.1, 0.15) is 5.69 Å². The highest BCUT2D eigenvalue weighted by Crippen LogP contribution is 2.45. The quantitative estimate of drug-likeness (QED) is 0.0267. The Morgan fingerprint density at radius 2 is 1.35 bits per heavy atom. The third kappa shape index (κ3) is 7.36. The summed E-state index contributed by atoms with van der Waals surface area (Å²) in [5, 5.41) is 58.3. The summed E-state index contributed by atoms with van der Waals surface area (Å²) in [7, 11) is -4.87. The van der Waals surface area contributed by atoms with E-state index in [0.717, 1.165) is 12.1 Å². The van der Waals surface area contributed by atoms with Gasteiger partial charge in [-0.3, -0.25) is 15.4 Å². The first-order chi connectivity index (χ1) is 22.8. The molecule has 0 aliphatic heterocycles. The first-order valence-corrected chi connectivity index (χ1v) is 15.2. The number of phenols is 1. The molecular weight excluding hydrogens is 678 g/mol. The van der Waals surface area contributed by atoms with E-state index in [1.807, 2.05) is 0 Å². The number of phenolic OH excluding ortho intramolecular Hbond substituents is 1. The molecule has 5 rings (SSSR count). The Hall–Kier alpha value is -5.97. The van der Waals surface area contributed by atoms with Gasteiger partial charge < -0.3 is 31.1 Å². The minimum absolute atomic E-state index is 0.0438. The molecule has 10 N–H and O–H groups in total. The number of benzene rings is 4. The summed E-state index contributed by atoms with van der Waals surface area (Å²) in [6, 6.07) is 13.9. The second kappa shape index (κ2) is 13.8. The number of anilines is 6. The van der Waals surface area contributed by atoms with Crippen molar-refractivity contribution in [1.82, 2.24) is 15.0 Å². The lowest BCUT2D eigenvalue weighted by Gasteiger charge is -2.19. The second-order valence-corrected chi connectivity index (χ2v) is 11.5. The molecule has 0 aliphatic carbocycles. The minimum atomic E-state index is -4.87. The fourth-order valence-electron chi connectivity index (χ4n) is 4.36. The topological polar surface area (TPSA) is 295 Å². The van der Waals surface area contributed by atoms with Crippen molar-refractivity contribution in [3.8, 4) is 11.8 Å². The zero-order valence-corrected chi connectivity index (χ0v) is 25.3. The molecule has 0 atom stereocenters. The molecule has 48 heavy (non-hydrogen) atoms. The van der Waals surface area contributed by atoms with E-state index in [2.05, 4.69) is 45.8 Å². The number of hydrogen-bond acceptors (Lipinski definition) is 17. The van der Waals surface area contributed by atoms with Crippen LogP contribution in [0, 0.1) is 0 Å². The molecule has 21 heteroatoms. The molecule has 0 saturated carbocycles. The van der Waals surface area contributed by atoms with Gasteiger partial charge in [-0.15, -0.1) is 4.33 Å². The van der Waals surface area contributed by atoms with E-state index >= 15 is 0 Å². The number of rotatable bonds is 13. The van der Waals surface area contributed by atoms with Crippen LogP contribution in [-0.2, 0) is 19.5 Å². The Balaban J connectivity index is 1.63. The number of fused-ring (bicyclic) bond motifs is 1. The van der Waals surface area contributed by atoms with Crippen molar-refractivity contribution in [1.29, 1.82) is 0 Å². The summed E-state index contributed by atoms with van der Waals surface area (Å²) < 4.78 is 38.8. The first kappa shape index (κ1) is 33.4. The van der Waals surface area contributed by atoms with Crippen LogP contribution in [0.4, 0.5) is 34.6 Å². The lowest BCUT2D eigenvalue weighted by Crippen LogP contribution is -2.13. The molecule has 248 valence electrons. The number of carboxylic acids is 2. The number of hydrogen-bond donors (Lipinski definition) is 10. The molecule has 0 fully saturated rings. The lowest BCUT2D eigenvalue weighted by atomic mass is 10.1. The van der Waals surface area contributed by atoms with Gasteiger partial charge in [0.2, 0.25) is 11.9 Å². The van der Waals surface area contributed by atoms with Crippen molar-refractivity contribution in [3.63, 3.8) is 0 Å². The van der Waals surface area contributed by atoms with Gasteiger partial charge in [0.25, 0.3) is 10.1 Å². The summed E-state index contributed by atoms with van der Waals surface area (Å²) >= 11 is 0.353. The summed E-state index contributed by atoms with van der Waals surface area (Å²) in [6.07, 6.45) is 0. The van der Waals surface area contributed by atoms with Crippen LogP contribution in [0.1, 0.15) is 20.7 Å². The third-order valence-corrected chi connectivity index (χ3v) is 7.82. The van der Waals surface area contributed by atoms with Crippen LogP contribution in [-0.4, -0.2) is 65.5 Å². The van der Waals surface area contributed by atoms with Crippen molar-refractivity contribution >= 4 is 79.5 Å². The minimum Gasteiger partial charge on any atom is -0.505 e. The van der Waals surface area contributed by atoms with E-state index in [4.69, 9.17) is 5.26 Å². The van der Waals surface area contributed by atoms with Gasteiger partial charge in [0.15, 0.2) is 5.75 Å². The number of aromatic carboxylic acids is 2. The molecular formula is C27H21N7O12S2. The fourth-order valence-corrected chi connectivity index (χ4v) is 5.41. The summed E-state index contributed by atoms with van der Waals surface area (Å²) in [5.74, 6) is -3.91. The fraction of sp³-hybridized carbons (Fsp3) is 0. The van der Waals surface area contributed by atoms with Crippen molar-refractivity contribution in [2.45, 2.75) is 9.79 Å². The van der Waals surface area contributed by atoms with Crippen molar-refractivity contribution in [2.75, 3.05) is 21.5 Å². The van der Waals surface area contributed by atoms with Crippen LogP contribution in [0.5, 0.6) is 11.8 Å². The average Bonchev–Trinajstić information content (AvgIpc) is 3.02. The van der Waals surface area contributed by atoms with E-state index in [9.17, 15) is 43.0 Å². The van der Waals surface area contributed by atoms with Crippen LogP contribution >= 0.6 is 12.0 Å². The van der Waals surface area contributed by atoms with Crippen LogP contribution in [0.25, 0.3) is 10.8 Å². The van der Waals surface area contributed by atoms with E-state index in [0.29, 0.717) is 12.0 Å². The van der Waals surface area contributed by atoms with E-state index in [-0.39, 0.29) is 55.5 Å². The molecule has 0 saturated heterocycles. The molecule has 5 aromatic rings. The van der Waals surface area contributed by atoms with Crippen LogP contribution in [0.2, 0.25) is 0 Å². The number of nitrogens with one attached hydrogen (secondary N) is 4. The highest BCUT2D eigenvalue weighted by atomic mass is 32.2. The molecule has 19 nitrogen and oxygen atoms in total. The Bertz CT molecular complexity index is 2170. The Labute approximate surface area is 272 Å². The summed E-state index contributed by atoms with van der Waals surface area (Å²) in [6.45, 7) is 0. The van der Waals surface area contributed by atoms with Gasteiger partial charge >= 0.3 is 17.9 Å². The maximum Gasteiger partial charge on any atom is 0.337 e. The Morgan fingerprint density at radius 1 is 0.771 bits per heavy atom. The van der Waals surface area contributed by atoms with E-state index in [1.54, 1.807) is 6.07 Å². The summed E-state index contributed by atoms with van der Waals surface area (Å²) in [4.78, 5) is 34.2. The zero-order chi connectivity index (χ0) is 34.6. The predicted octanol–water partition coefficient (Wildman–Crippen LogP) is 4.43. The standard InChI is InChI=1S/C27H21N7O12S2/c35-22-20-12(10-19(47-46-45-41)21(22)34-33-17-8-4-2-6-15(17)24(38)39)9-13(48(42,43)44)11-18(20)29-26-30-25(31-27(40)32-26)28-16-7-3-1-5-14(16)23(36)37/h1-11,33-35,41H,(H,36,37)(H,38,39)(H,42,43,44)(H3,28,29,30,31,32,40). The second-order valence-electron chi connectivity index (χ2n) is 9.35. The largest absolute Gasteiger partial charge is 0.505 e. The highest BCUT2D eigenvalue weighted by Gasteiger charge is 2.23. The smallest absolute Gasteiger partial charge is 0.337 e. The van der Waals surface area contributed by atoms with Gasteiger partial charge in [-0.1, -0.05) is 29.3 Å². The number of para-hydroxylation sites is 2. The summed E-state index contributed by atoms with van der Waals surface area (Å²) in [5.41, 5.74) is 4.72. The molecule has 0 spiro atoms. The van der Waals surface area contributed by atoms with Gasteiger partial charge in [0.05, 0.1) is 50.0 Å². The number of carbonyl (C=O) groups is 2. The number of carboxylic acid groups (broad SMARTS) is 2. The van der Waals surface area contributed by atoms with Gasteiger partial charge in [-0.25, -0.2) is 14.8 Å². The Morgan fingerprint density at radius 3 is 1.96 bits per heavy atom. The van der Waals surface area contributed by atoms with Gasteiger partial charge in [-0.05, 0) is 47.9 Å². The normalized spacial score (nSPS) is 11.2. The van der Waals surface area contributed by atoms with Crippen molar-refractivity contribution < 1.29 is 57.6 Å². The maximum atomic E-state index is 12.2. The average molecular weight is 700 g/mol. The molecule has 0 aliphatic rings. The number of nitrogens with zero attached hydrogens (tertiary/aromatic N) is 3. The predicted molar refractivity (Wildman–Crippen MR) is 168 cm³/mol. The lowest BCUT2D eigenvalue weighted by molar-refractivity contribution is -0.432. The van der Waals surface area contributed by atoms with Crippen LogP contribution in [0.15, 0.2) is 76.5 Å². The zero-order valence-electron chi connectivity index (χ0n) is 23.6. The Kier molecular flexibility index (Phi) is 9.60. The van der Waals surface area contributed by atoms with Crippen LogP contribution in [0.3, 0.4) is 0 Å². The molecule has 0 amide bonds. The number of aromatic nitrogens is 3. The number of aromatic hydroxyl groups is 2. The van der Waals surface area contributed by atoms with Gasteiger partial charge in [0, 0.05) is 5.39 Å². The van der Waals surface area contributed by atoms with Gasteiger partial charge in [-0.2, -0.15) is 23.4 Å². The molecule has 1 heterocycles. The SMILES string of the molecule is O=C(O)c1ccccc1NNc1c(SOOO)cc2cc(S(=O)(=O)O)cc(Nc3nc(O)nc(Nc4ccccc4C(=O)O)n3)c2c1O. The molecule has 1 aromatic heterocycles. The molecule has 0 radical (unpaired) electrons. The first-order valence-electron chi connectivity index (χ1n) is 13.0. The third-order valence-electron chi connectivity index (χ3n) is 6.35. The van der Waals surface area contributed by atoms with Crippen molar-refractivity contribution in [2.24, 2.45) is 0 Å². The monoisotopic (exact) mass is 699 g/mol. The number of hydrazine groups is 1. The van der Waals surface area contributed by atoms with E-state index in [1.165, 1.54) is 48.5 Å². The molecule has 0 unspecified atom stereocenters. The molecule has 4 aromatic carbocycles. The molecule has 0 bridgehead atoms. The van der Waals surface area contributed by atoms with Crippen molar-refractivity contribution in [3.05, 3.63) is 77.9 Å². The highest BCUT2D eigenvalue weighted by molar-refractivity contribution is 7.94. The van der Waals surface area contributed by atoms with Crippen LogP contribution < -0.4 is 21.5 Å². The van der Waals surface area contributed by atoms with E-state index < -0.39 is 44.7 Å². The maximum absolute atomic E-state index is 12.2.